The van der Waals surface area contributed by atoms with Crippen molar-refractivity contribution in [3.05, 3.63) is 70.2 Å². The number of halogens is 1. The first-order chi connectivity index (χ1) is 12.5. The van der Waals surface area contributed by atoms with Crippen LogP contribution in [0.1, 0.15) is 39.1 Å². The molecular formula is C20H20ClNO4. The lowest BCUT2D eigenvalue weighted by Crippen LogP contribution is -2.44. The molecule has 2 aromatic rings. The van der Waals surface area contributed by atoms with Crippen LogP contribution < -0.4 is 5.32 Å². The molecule has 1 aliphatic rings. The number of amides is 1. The van der Waals surface area contributed by atoms with Crippen molar-refractivity contribution >= 4 is 23.5 Å². The van der Waals surface area contributed by atoms with Gasteiger partial charge in [-0.05, 0) is 48.7 Å². The summed E-state index contributed by atoms with van der Waals surface area (Å²) in [4.78, 5) is 23.6. The van der Waals surface area contributed by atoms with Crippen LogP contribution in [0.4, 0.5) is 0 Å². The van der Waals surface area contributed by atoms with Crippen LogP contribution in [0.3, 0.4) is 0 Å². The predicted octanol–water partition coefficient (Wildman–Crippen LogP) is 3.52. The Labute approximate surface area is 156 Å². The summed E-state index contributed by atoms with van der Waals surface area (Å²) < 4.78 is 5.50. The van der Waals surface area contributed by atoms with Crippen molar-refractivity contribution in [2.24, 2.45) is 0 Å². The van der Waals surface area contributed by atoms with E-state index in [0.29, 0.717) is 30.3 Å². The molecule has 1 aliphatic heterocycles. The zero-order chi connectivity index (χ0) is 18.6. The summed E-state index contributed by atoms with van der Waals surface area (Å²) in [5, 5.41) is 12.7. The molecule has 136 valence electrons. The third-order valence-electron chi connectivity index (χ3n) is 4.87. The van der Waals surface area contributed by atoms with E-state index < -0.39 is 5.97 Å². The maximum absolute atomic E-state index is 12.5. The van der Waals surface area contributed by atoms with Gasteiger partial charge in [0.1, 0.15) is 0 Å². The highest BCUT2D eigenvalue weighted by Gasteiger charge is 2.35. The second kappa shape index (κ2) is 7.89. The summed E-state index contributed by atoms with van der Waals surface area (Å²) in [6.45, 7) is 1.72. The van der Waals surface area contributed by atoms with Crippen LogP contribution in [0.25, 0.3) is 0 Å². The number of ether oxygens (including phenoxy) is 1. The summed E-state index contributed by atoms with van der Waals surface area (Å²) in [7, 11) is 0. The Morgan fingerprint density at radius 2 is 1.73 bits per heavy atom. The first kappa shape index (κ1) is 18.4. The van der Waals surface area contributed by atoms with Crippen LogP contribution in [0.15, 0.2) is 48.5 Å². The molecular weight excluding hydrogens is 354 g/mol. The van der Waals surface area contributed by atoms with Crippen molar-refractivity contribution in [3.63, 3.8) is 0 Å². The molecule has 26 heavy (non-hydrogen) atoms. The number of carbonyl (C=O) groups is 2. The molecule has 5 nitrogen and oxygen atoms in total. The topological polar surface area (TPSA) is 75.6 Å². The Balaban J connectivity index is 1.78. The van der Waals surface area contributed by atoms with Gasteiger partial charge in [-0.1, -0.05) is 29.8 Å². The van der Waals surface area contributed by atoms with Crippen LogP contribution in [-0.2, 0) is 10.2 Å². The second-order valence-electron chi connectivity index (χ2n) is 6.47. The molecule has 0 radical (unpaired) electrons. The maximum atomic E-state index is 12.5. The van der Waals surface area contributed by atoms with E-state index in [4.69, 9.17) is 21.4 Å². The molecule has 3 rings (SSSR count). The first-order valence-electron chi connectivity index (χ1n) is 8.46. The fraction of sp³-hybridized carbons (Fsp3) is 0.300. The van der Waals surface area contributed by atoms with Gasteiger partial charge in [-0.3, -0.25) is 4.79 Å². The van der Waals surface area contributed by atoms with Crippen LogP contribution in [0.2, 0.25) is 5.02 Å². The van der Waals surface area contributed by atoms with E-state index >= 15 is 0 Å². The SMILES string of the molecule is O=C(O)c1cccc(C(=O)NCC2(c3ccc(Cl)cc3)CCOCC2)c1. The normalized spacial score (nSPS) is 16.0. The minimum atomic E-state index is -1.05. The molecule has 0 saturated carbocycles. The van der Waals surface area contributed by atoms with Crippen LogP contribution >= 0.6 is 11.6 Å². The van der Waals surface area contributed by atoms with Crippen molar-refractivity contribution in [1.82, 2.24) is 5.32 Å². The average Bonchev–Trinajstić information content (AvgIpc) is 2.67. The Hall–Kier alpha value is -2.37. The summed E-state index contributed by atoms with van der Waals surface area (Å²) in [6, 6.07) is 13.7. The van der Waals surface area contributed by atoms with Crippen LogP contribution in [0, 0.1) is 0 Å². The van der Waals surface area contributed by atoms with E-state index in [0.717, 1.165) is 18.4 Å². The molecule has 0 spiro atoms. The zero-order valence-electron chi connectivity index (χ0n) is 14.2. The van der Waals surface area contributed by atoms with Gasteiger partial charge in [-0.25, -0.2) is 4.79 Å². The van der Waals surface area contributed by atoms with Crippen molar-refractivity contribution in [1.29, 1.82) is 0 Å². The van der Waals surface area contributed by atoms with Crippen molar-refractivity contribution < 1.29 is 19.4 Å². The number of hydrogen-bond donors (Lipinski definition) is 2. The molecule has 0 aliphatic carbocycles. The average molecular weight is 374 g/mol. The van der Waals surface area contributed by atoms with Crippen molar-refractivity contribution in [2.45, 2.75) is 18.3 Å². The molecule has 0 atom stereocenters. The predicted molar refractivity (Wildman–Crippen MR) is 98.9 cm³/mol. The minimum Gasteiger partial charge on any atom is -0.478 e. The first-order valence-corrected chi connectivity index (χ1v) is 8.83. The maximum Gasteiger partial charge on any atom is 0.335 e. The number of benzene rings is 2. The monoisotopic (exact) mass is 373 g/mol. The molecule has 1 fully saturated rings. The molecule has 2 aromatic carbocycles. The third-order valence-corrected chi connectivity index (χ3v) is 5.12. The largest absolute Gasteiger partial charge is 0.478 e. The molecule has 1 amide bonds. The summed E-state index contributed by atoms with van der Waals surface area (Å²) in [6.07, 6.45) is 1.59. The van der Waals surface area contributed by atoms with Gasteiger partial charge in [-0.15, -0.1) is 0 Å². The molecule has 0 bridgehead atoms. The Morgan fingerprint density at radius 1 is 1.08 bits per heavy atom. The number of carbonyl (C=O) groups excluding carboxylic acids is 1. The zero-order valence-corrected chi connectivity index (χ0v) is 15.0. The lowest BCUT2D eigenvalue weighted by atomic mass is 9.74. The van der Waals surface area contributed by atoms with E-state index in [1.54, 1.807) is 12.1 Å². The van der Waals surface area contributed by atoms with Gasteiger partial charge in [0.2, 0.25) is 0 Å². The van der Waals surface area contributed by atoms with Crippen molar-refractivity contribution in [2.75, 3.05) is 19.8 Å². The van der Waals surface area contributed by atoms with Crippen LogP contribution in [-0.4, -0.2) is 36.7 Å². The molecule has 1 saturated heterocycles. The molecule has 0 unspecified atom stereocenters. The molecule has 0 aromatic heterocycles. The number of carboxylic acids is 1. The summed E-state index contributed by atoms with van der Waals surface area (Å²) >= 11 is 6.00. The Morgan fingerprint density at radius 3 is 2.38 bits per heavy atom. The van der Waals surface area contributed by atoms with E-state index in [9.17, 15) is 9.59 Å². The summed E-state index contributed by atoms with van der Waals surface area (Å²) in [5.74, 6) is -1.34. The van der Waals surface area contributed by atoms with Gasteiger partial charge in [0.15, 0.2) is 0 Å². The van der Waals surface area contributed by atoms with Crippen LogP contribution in [0.5, 0.6) is 0 Å². The Kier molecular flexibility index (Phi) is 5.59. The molecule has 6 heteroatoms. The standard InChI is InChI=1S/C20H20ClNO4/c21-17-6-4-16(5-7-17)20(8-10-26-11-9-20)13-22-18(23)14-2-1-3-15(12-14)19(24)25/h1-7,12H,8-11,13H2,(H,22,23)(H,24,25). The van der Waals surface area contributed by atoms with Gasteiger partial charge in [0, 0.05) is 35.8 Å². The number of rotatable bonds is 5. The second-order valence-corrected chi connectivity index (χ2v) is 6.90. The van der Waals surface area contributed by atoms with E-state index in [1.165, 1.54) is 12.1 Å². The smallest absolute Gasteiger partial charge is 0.335 e. The highest BCUT2D eigenvalue weighted by Crippen LogP contribution is 2.35. The number of nitrogens with one attached hydrogen (secondary N) is 1. The van der Waals surface area contributed by atoms with E-state index in [-0.39, 0.29) is 16.9 Å². The molecule has 1 heterocycles. The highest BCUT2D eigenvalue weighted by atomic mass is 35.5. The van der Waals surface area contributed by atoms with Crippen molar-refractivity contribution in [3.8, 4) is 0 Å². The van der Waals surface area contributed by atoms with Gasteiger partial charge >= 0.3 is 5.97 Å². The number of hydrogen-bond acceptors (Lipinski definition) is 3. The molecule has 2 N–H and O–H groups in total. The fourth-order valence-electron chi connectivity index (χ4n) is 3.28. The van der Waals surface area contributed by atoms with E-state index in [1.807, 2.05) is 24.3 Å². The number of aromatic carboxylic acids is 1. The quantitative estimate of drug-likeness (QED) is 0.840. The summed E-state index contributed by atoms with van der Waals surface area (Å²) in [5.41, 5.74) is 1.33. The lowest BCUT2D eigenvalue weighted by molar-refractivity contribution is 0.0487. The van der Waals surface area contributed by atoms with E-state index in [2.05, 4.69) is 5.32 Å². The highest BCUT2D eigenvalue weighted by molar-refractivity contribution is 6.30. The fourth-order valence-corrected chi connectivity index (χ4v) is 3.40. The lowest BCUT2D eigenvalue weighted by Gasteiger charge is -2.38. The van der Waals surface area contributed by atoms with Gasteiger partial charge in [0.05, 0.1) is 5.56 Å². The minimum absolute atomic E-state index is 0.0936. The number of carboxylic acid groups (broad SMARTS) is 1. The van der Waals surface area contributed by atoms with Gasteiger partial charge in [0.25, 0.3) is 5.91 Å². The Bertz CT molecular complexity index is 798. The third kappa shape index (κ3) is 4.06. The van der Waals surface area contributed by atoms with Gasteiger partial charge < -0.3 is 15.2 Å². The van der Waals surface area contributed by atoms with Gasteiger partial charge in [-0.2, -0.15) is 0 Å².